The molecule has 0 aliphatic heterocycles. The molecular formula is C26H26O4. The molecule has 4 atom stereocenters. The summed E-state index contributed by atoms with van der Waals surface area (Å²) in [6.45, 7) is 0. The van der Waals surface area contributed by atoms with Gasteiger partial charge in [0, 0.05) is 23.7 Å². The number of fused-ring (bicyclic) bond motifs is 2. The highest BCUT2D eigenvalue weighted by atomic mass is 16.2. The topological polar surface area (TPSA) is 68.3 Å². The molecule has 0 saturated heterocycles. The van der Waals surface area contributed by atoms with Gasteiger partial charge in [0.1, 0.15) is 0 Å². The van der Waals surface area contributed by atoms with E-state index in [1.165, 1.54) is 0 Å². The fourth-order valence-electron chi connectivity index (χ4n) is 5.87. The highest BCUT2D eigenvalue weighted by Gasteiger charge is 2.47. The van der Waals surface area contributed by atoms with Gasteiger partial charge in [0.05, 0.1) is 11.1 Å². The Bertz CT molecular complexity index is 861. The maximum atomic E-state index is 12.7. The van der Waals surface area contributed by atoms with Gasteiger partial charge in [-0.1, -0.05) is 49.9 Å². The number of Topliss-reactive ketones (excluding diaryl/α,β-unsaturated/α-hetero) is 4. The minimum atomic E-state index is -0.121. The summed E-state index contributed by atoms with van der Waals surface area (Å²) in [5, 5.41) is 0. The molecule has 0 heterocycles. The number of carbonyl (C=O) groups excluding carboxylic acids is 4. The van der Waals surface area contributed by atoms with Gasteiger partial charge in [0.25, 0.3) is 0 Å². The van der Waals surface area contributed by atoms with Crippen molar-refractivity contribution in [2.45, 2.75) is 51.4 Å². The van der Waals surface area contributed by atoms with Crippen molar-refractivity contribution in [2.75, 3.05) is 0 Å². The molecule has 0 amide bonds. The van der Waals surface area contributed by atoms with Crippen LogP contribution in [0.4, 0.5) is 0 Å². The number of ketones is 4. The number of hydrogen-bond acceptors (Lipinski definition) is 4. The molecule has 4 unspecified atom stereocenters. The molecule has 4 saturated carbocycles. The van der Waals surface area contributed by atoms with Crippen LogP contribution in [-0.2, 0) is 19.2 Å². The second-order valence-corrected chi connectivity index (χ2v) is 9.23. The fourth-order valence-corrected chi connectivity index (χ4v) is 5.87. The van der Waals surface area contributed by atoms with Crippen molar-refractivity contribution in [3.63, 3.8) is 0 Å². The van der Waals surface area contributed by atoms with Crippen LogP contribution in [0.3, 0.4) is 0 Å². The average Bonchev–Trinajstić information content (AvgIpc) is 3.16. The van der Waals surface area contributed by atoms with E-state index < -0.39 is 0 Å². The first-order chi connectivity index (χ1) is 14.5. The summed E-state index contributed by atoms with van der Waals surface area (Å²) in [4.78, 5) is 50.7. The number of benzene rings is 1. The summed E-state index contributed by atoms with van der Waals surface area (Å²) < 4.78 is 0. The second kappa shape index (κ2) is 7.57. The van der Waals surface area contributed by atoms with Crippen molar-refractivity contribution in [3.8, 4) is 0 Å². The first-order valence-corrected chi connectivity index (χ1v) is 11.2. The van der Waals surface area contributed by atoms with Crippen LogP contribution in [0.15, 0.2) is 35.4 Å². The molecule has 1 aromatic carbocycles. The standard InChI is InChI=1S/C26H26O4/c27-23-17-5-1-2-6-18(17)24(28)21(23)13-15-9-11-16(12-10-15)14-22-25(29)19-7-3-4-8-20(19)26(22)30/h9-14,17-20H,1-8H2. The molecule has 4 nitrogen and oxygen atoms in total. The largest absolute Gasteiger partial charge is 0.294 e. The van der Waals surface area contributed by atoms with E-state index in [4.69, 9.17) is 0 Å². The Kier molecular flexibility index (Phi) is 4.88. The van der Waals surface area contributed by atoms with E-state index in [1.807, 2.05) is 24.3 Å². The van der Waals surface area contributed by atoms with Crippen molar-refractivity contribution >= 4 is 35.3 Å². The molecule has 4 heteroatoms. The van der Waals surface area contributed by atoms with Crippen LogP contribution in [0.2, 0.25) is 0 Å². The monoisotopic (exact) mass is 402 g/mol. The summed E-state index contributed by atoms with van der Waals surface area (Å²) in [5.74, 6) is -0.481. The molecule has 0 N–H and O–H groups in total. The lowest BCUT2D eigenvalue weighted by Gasteiger charge is -2.21. The van der Waals surface area contributed by atoms with Crippen molar-refractivity contribution in [1.82, 2.24) is 0 Å². The van der Waals surface area contributed by atoms with E-state index in [0.717, 1.165) is 62.5 Å². The maximum Gasteiger partial charge on any atom is 0.170 e. The van der Waals surface area contributed by atoms with Crippen molar-refractivity contribution in [2.24, 2.45) is 23.7 Å². The minimum absolute atomic E-state index is 0.000601. The summed E-state index contributed by atoms with van der Waals surface area (Å²) in [6.07, 6.45) is 10.8. The highest BCUT2D eigenvalue weighted by molar-refractivity contribution is 6.30. The lowest BCUT2D eigenvalue weighted by Crippen LogP contribution is -2.21. The molecule has 5 rings (SSSR count). The molecule has 0 spiro atoms. The number of carbonyl (C=O) groups is 4. The SMILES string of the molecule is O=C1C(=Cc2ccc(C=C3C(=O)C4CCCCC4C3=O)cc2)C(=O)C2CCCCC12. The first kappa shape index (κ1) is 19.3. The molecule has 1 aromatic rings. The Balaban J connectivity index is 1.37. The summed E-state index contributed by atoms with van der Waals surface area (Å²) in [5.41, 5.74) is 2.27. The van der Waals surface area contributed by atoms with E-state index >= 15 is 0 Å². The van der Waals surface area contributed by atoms with Gasteiger partial charge >= 0.3 is 0 Å². The van der Waals surface area contributed by atoms with Crippen LogP contribution in [0.25, 0.3) is 12.2 Å². The summed E-state index contributed by atoms with van der Waals surface area (Å²) in [6, 6.07) is 7.38. The Morgan fingerprint density at radius 3 is 1.03 bits per heavy atom. The van der Waals surface area contributed by atoms with Crippen LogP contribution in [0.1, 0.15) is 62.5 Å². The molecule has 0 radical (unpaired) electrons. The van der Waals surface area contributed by atoms with Crippen molar-refractivity contribution in [3.05, 3.63) is 46.5 Å². The summed E-state index contributed by atoms with van der Waals surface area (Å²) >= 11 is 0. The Morgan fingerprint density at radius 1 is 0.500 bits per heavy atom. The fraction of sp³-hybridized carbons (Fsp3) is 0.462. The molecule has 4 fully saturated rings. The van der Waals surface area contributed by atoms with E-state index in [-0.39, 0.29) is 46.8 Å². The third kappa shape index (κ3) is 3.13. The van der Waals surface area contributed by atoms with Gasteiger partial charge in [0.2, 0.25) is 0 Å². The zero-order chi connectivity index (χ0) is 20.8. The van der Waals surface area contributed by atoms with Crippen LogP contribution in [0.5, 0.6) is 0 Å². The number of hydrogen-bond donors (Lipinski definition) is 0. The molecule has 154 valence electrons. The third-order valence-corrected chi connectivity index (χ3v) is 7.50. The van der Waals surface area contributed by atoms with Crippen LogP contribution < -0.4 is 0 Å². The van der Waals surface area contributed by atoms with Gasteiger partial charge in [-0.25, -0.2) is 0 Å². The molecular weight excluding hydrogens is 376 g/mol. The summed E-state index contributed by atoms with van der Waals surface area (Å²) in [7, 11) is 0. The predicted octanol–water partition coefficient (Wildman–Crippen LogP) is 4.37. The normalized spacial score (nSPS) is 31.1. The zero-order valence-corrected chi connectivity index (χ0v) is 17.1. The average molecular weight is 402 g/mol. The van der Waals surface area contributed by atoms with Gasteiger partial charge in [-0.15, -0.1) is 0 Å². The van der Waals surface area contributed by atoms with Gasteiger partial charge in [-0.2, -0.15) is 0 Å². The van der Waals surface area contributed by atoms with Crippen LogP contribution >= 0.6 is 0 Å². The Morgan fingerprint density at radius 2 is 0.767 bits per heavy atom. The first-order valence-electron chi connectivity index (χ1n) is 11.2. The van der Waals surface area contributed by atoms with E-state index in [0.29, 0.717) is 11.1 Å². The lowest BCUT2D eigenvalue weighted by molar-refractivity contribution is -0.120. The van der Waals surface area contributed by atoms with E-state index in [2.05, 4.69) is 0 Å². The predicted molar refractivity (Wildman–Crippen MR) is 113 cm³/mol. The minimum Gasteiger partial charge on any atom is -0.294 e. The molecule has 4 aliphatic carbocycles. The molecule has 0 aromatic heterocycles. The molecule has 0 bridgehead atoms. The van der Waals surface area contributed by atoms with Crippen molar-refractivity contribution in [1.29, 1.82) is 0 Å². The van der Waals surface area contributed by atoms with Gasteiger partial charge in [0.15, 0.2) is 23.1 Å². The van der Waals surface area contributed by atoms with Gasteiger partial charge in [-0.05, 0) is 49.0 Å². The van der Waals surface area contributed by atoms with Crippen LogP contribution in [-0.4, -0.2) is 23.1 Å². The maximum absolute atomic E-state index is 12.7. The second-order valence-electron chi connectivity index (χ2n) is 9.23. The smallest absolute Gasteiger partial charge is 0.170 e. The van der Waals surface area contributed by atoms with Gasteiger partial charge in [-0.3, -0.25) is 19.2 Å². The lowest BCUT2D eigenvalue weighted by atomic mass is 9.81. The molecule has 4 aliphatic rings. The highest BCUT2D eigenvalue weighted by Crippen LogP contribution is 2.42. The zero-order valence-electron chi connectivity index (χ0n) is 17.1. The quantitative estimate of drug-likeness (QED) is 0.544. The van der Waals surface area contributed by atoms with Crippen molar-refractivity contribution < 1.29 is 19.2 Å². The Labute approximate surface area is 176 Å². The number of rotatable bonds is 2. The molecule has 30 heavy (non-hydrogen) atoms. The van der Waals surface area contributed by atoms with E-state index in [1.54, 1.807) is 12.2 Å². The van der Waals surface area contributed by atoms with Crippen LogP contribution in [0, 0.1) is 23.7 Å². The third-order valence-electron chi connectivity index (χ3n) is 7.50. The van der Waals surface area contributed by atoms with Gasteiger partial charge < -0.3 is 0 Å². The number of allylic oxidation sites excluding steroid dienone is 2. The Hall–Kier alpha value is -2.62. The van der Waals surface area contributed by atoms with E-state index in [9.17, 15) is 19.2 Å².